The topological polar surface area (TPSA) is 63.8 Å². The third kappa shape index (κ3) is 2.76. The lowest BCUT2D eigenvalue weighted by molar-refractivity contribution is -0.187. The standard InChI is InChI=1S/C18H22N2O4/c1-22-14-2-3-15-13(12-19-16(15)11-14)10-17(21)20-6-4-18(5-7-20)23-8-9-24-18/h2-3,11-12,19H,4-10H2,1H3. The van der Waals surface area contributed by atoms with E-state index < -0.39 is 5.79 Å². The highest BCUT2D eigenvalue weighted by Gasteiger charge is 2.40. The number of piperidine rings is 1. The second-order valence-electron chi connectivity index (χ2n) is 6.39. The Balaban J connectivity index is 1.43. The highest BCUT2D eigenvalue weighted by molar-refractivity contribution is 5.89. The minimum Gasteiger partial charge on any atom is -0.497 e. The number of rotatable bonds is 3. The number of benzene rings is 1. The van der Waals surface area contributed by atoms with Crippen molar-refractivity contribution in [3.05, 3.63) is 30.0 Å². The van der Waals surface area contributed by atoms with Gasteiger partial charge in [-0.15, -0.1) is 0 Å². The van der Waals surface area contributed by atoms with E-state index in [1.807, 2.05) is 29.3 Å². The van der Waals surface area contributed by atoms with Crippen LogP contribution in [0.3, 0.4) is 0 Å². The Kier molecular flexibility index (Phi) is 3.94. The first kappa shape index (κ1) is 15.5. The first-order chi connectivity index (χ1) is 11.7. The van der Waals surface area contributed by atoms with E-state index >= 15 is 0 Å². The van der Waals surface area contributed by atoms with E-state index in [2.05, 4.69) is 4.98 Å². The summed E-state index contributed by atoms with van der Waals surface area (Å²) in [5.74, 6) is 0.522. The maximum absolute atomic E-state index is 12.6. The van der Waals surface area contributed by atoms with E-state index in [4.69, 9.17) is 14.2 Å². The summed E-state index contributed by atoms with van der Waals surface area (Å²) >= 11 is 0. The third-order valence-electron chi connectivity index (χ3n) is 5.01. The molecule has 1 aromatic carbocycles. The van der Waals surface area contributed by atoms with Crippen molar-refractivity contribution in [1.29, 1.82) is 0 Å². The van der Waals surface area contributed by atoms with E-state index in [1.54, 1.807) is 7.11 Å². The van der Waals surface area contributed by atoms with Crippen LogP contribution in [-0.4, -0.2) is 55.0 Å². The van der Waals surface area contributed by atoms with Crippen LogP contribution in [0.25, 0.3) is 10.9 Å². The van der Waals surface area contributed by atoms with Gasteiger partial charge in [0.15, 0.2) is 5.79 Å². The van der Waals surface area contributed by atoms with Gasteiger partial charge in [0.2, 0.25) is 5.91 Å². The fourth-order valence-electron chi connectivity index (χ4n) is 3.60. The molecular weight excluding hydrogens is 308 g/mol. The number of nitrogens with zero attached hydrogens (tertiary/aromatic N) is 1. The Labute approximate surface area is 140 Å². The summed E-state index contributed by atoms with van der Waals surface area (Å²) in [5.41, 5.74) is 2.01. The van der Waals surface area contributed by atoms with Crippen LogP contribution in [0.4, 0.5) is 0 Å². The predicted molar refractivity (Wildman–Crippen MR) is 89.0 cm³/mol. The summed E-state index contributed by atoms with van der Waals surface area (Å²) in [6.07, 6.45) is 3.82. The second kappa shape index (κ2) is 6.11. The molecule has 6 nitrogen and oxygen atoms in total. The molecule has 1 N–H and O–H groups in total. The molecule has 2 saturated heterocycles. The van der Waals surface area contributed by atoms with Crippen LogP contribution in [-0.2, 0) is 20.7 Å². The molecule has 0 atom stereocenters. The number of fused-ring (bicyclic) bond motifs is 1. The van der Waals surface area contributed by atoms with Crippen molar-refractivity contribution in [2.75, 3.05) is 33.4 Å². The minimum atomic E-state index is -0.436. The van der Waals surface area contributed by atoms with Gasteiger partial charge in [-0.2, -0.15) is 0 Å². The van der Waals surface area contributed by atoms with Gasteiger partial charge in [0, 0.05) is 49.1 Å². The number of ether oxygens (including phenoxy) is 3. The van der Waals surface area contributed by atoms with Crippen molar-refractivity contribution in [3.8, 4) is 5.75 Å². The quantitative estimate of drug-likeness (QED) is 0.936. The first-order valence-electron chi connectivity index (χ1n) is 8.39. The average Bonchev–Trinajstić information content (AvgIpc) is 3.22. The van der Waals surface area contributed by atoms with Crippen LogP contribution in [0, 0.1) is 0 Å². The summed E-state index contributed by atoms with van der Waals surface area (Å²) in [4.78, 5) is 17.8. The lowest BCUT2D eigenvalue weighted by Crippen LogP contribution is -2.47. The molecule has 2 aliphatic rings. The molecule has 2 fully saturated rings. The Morgan fingerprint density at radius 1 is 1.29 bits per heavy atom. The summed E-state index contributed by atoms with van der Waals surface area (Å²) in [6.45, 7) is 2.70. The minimum absolute atomic E-state index is 0.152. The van der Waals surface area contributed by atoms with Gasteiger partial charge < -0.3 is 24.1 Å². The number of aromatic amines is 1. The van der Waals surface area contributed by atoms with Crippen LogP contribution >= 0.6 is 0 Å². The molecule has 0 radical (unpaired) electrons. The number of hydrogen-bond donors (Lipinski definition) is 1. The maximum Gasteiger partial charge on any atom is 0.227 e. The maximum atomic E-state index is 12.6. The molecule has 2 aromatic rings. The monoisotopic (exact) mass is 330 g/mol. The Bertz CT molecular complexity index is 739. The lowest BCUT2D eigenvalue weighted by atomic mass is 10.0. The molecule has 4 rings (SSSR count). The van der Waals surface area contributed by atoms with Crippen LogP contribution in [0.5, 0.6) is 5.75 Å². The van der Waals surface area contributed by atoms with E-state index in [-0.39, 0.29) is 5.91 Å². The van der Waals surface area contributed by atoms with Crippen LogP contribution < -0.4 is 4.74 Å². The molecule has 0 unspecified atom stereocenters. The number of nitrogens with one attached hydrogen (secondary N) is 1. The molecule has 0 saturated carbocycles. The molecule has 1 aromatic heterocycles. The summed E-state index contributed by atoms with van der Waals surface area (Å²) < 4.78 is 16.7. The SMILES string of the molecule is COc1ccc2c(CC(=O)N3CCC4(CC3)OCCO4)c[nH]c2c1. The van der Waals surface area contributed by atoms with Crippen molar-refractivity contribution < 1.29 is 19.0 Å². The van der Waals surface area contributed by atoms with Crippen LogP contribution in [0.2, 0.25) is 0 Å². The van der Waals surface area contributed by atoms with Crippen LogP contribution in [0.1, 0.15) is 18.4 Å². The zero-order valence-electron chi connectivity index (χ0n) is 13.8. The number of hydrogen-bond acceptors (Lipinski definition) is 4. The Morgan fingerprint density at radius 2 is 2.04 bits per heavy atom. The Morgan fingerprint density at radius 3 is 2.75 bits per heavy atom. The van der Waals surface area contributed by atoms with Crippen molar-refractivity contribution in [3.63, 3.8) is 0 Å². The number of carbonyl (C=O) groups is 1. The molecule has 0 bridgehead atoms. The normalized spacial score (nSPS) is 20.0. The van der Waals surface area contributed by atoms with Crippen molar-refractivity contribution in [1.82, 2.24) is 9.88 Å². The number of amides is 1. The summed E-state index contributed by atoms with van der Waals surface area (Å²) in [7, 11) is 1.65. The van der Waals surface area contributed by atoms with Gasteiger partial charge in [-0.05, 0) is 17.7 Å². The van der Waals surface area contributed by atoms with Gasteiger partial charge in [0.1, 0.15) is 5.75 Å². The lowest BCUT2D eigenvalue weighted by Gasteiger charge is -2.37. The average molecular weight is 330 g/mol. The molecule has 1 amide bonds. The molecular formula is C18H22N2O4. The molecule has 24 heavy (non-hydrogen) atoms. The zero-order chi connectivity index (χ0) is 16.6. The Hall–Kier alpha value is -2.05. The van der Waals surface area contributed by atoms with Crippen molar-refractivity contribution in [2.24, 2.45) is 0 Å². The molecule has 0 aliphatic carbocycles. The van der Waals surface area contributed by atoms with Gasteiger partial charge >= 0.3 is 0 Å². The van der Waals surface area contributed by atoms with Gasteiger partial charge in [-0.25, -0.2) is 0 Å². The van der Waals surface area contributed by atoms with Gasteiger partial charge in [-0.3, -0.25) is 4.79 Å². The molecule has 6 heteroatoms. The van der Waals surface area contributed by atoms with Gasteiger partial charge in [0.25, 0.3) is 0 Å². The van der Waals surface area contributed by atoms with Crippen LogP contribution in [0.15, 0.2) is 24.4 Å². The number of likely N-dealkylation sites (tertiary alicyclic amines) is 1. The molecule has 3 heterocycles. The molecule has 1 spiro atoms. The van der Waals surface area contributed by atoms with E-state index in [0.717, 1.165) is 35.1 Å². The largest absolute Gasteiger partial charge is 0.497 e. The third-order valence-corrected chi connectivity index (χ3v) is 5.01. The molecule has 128 valence electrons. The second-order valence-corrected chi connectivity index (χ2v) is 6.39. The van der Waals surface area contributed by atoms with Crippen molar-refractivity contribution in [2.45, 2.75) is 25.0 Å². The van der Waals surface area contributed by atoms with Gasteiger partial charge in [-0.1, -0.05) is 0 Å². The van der Waals surface area contributed by atoms with E-state index in [1.165, 1.54) is 0 Å². The van der Waals surface area contributed by atoms with Gasteiger partial charge in [0.05, 0.1) is 26.7 Å². The highest BCUT2D eigenvalue weighted by Crippen LogP contribution is 2.31. The summed E-state index contributed by atoms with van der Waals surface area (Å²) in [5, 5.41) is 1.07. The number of carbonyl (C=O) groups excluding carboxylic acids is 1. The van der Waals surface area contributed by atoms with E-state index in [0.29, 0.717) is 32.7 Å². The fourth-order valence-corrected chi connectivity index (χ4v) is 3.60. The first-order valence-corrected chi connectivity index (χ1v) is 8.39. The highest BCUT2D eigenvalue weighted by atomic mass is 16.7. The molecule has 2 aliphatic heterocycles. The zero-order valence-corrected chi connectivity index (χ0v) is 13.8. The number of H-pyrrole nitrogens is 1. The van der Waals surface area contributed by atoms with Crippen molar-refractivity contribution >= 4 is 16.8 Å². The smallest absolute Gasteiger partial charge is 0.227 e. The van der Waals surface area contributed by atoms with E-state index in [9.17, 15) is 4.79 Å². The fraction of sp³-hybridized carbons (Fsp3) is 0.500. The predicted octanol–water partition coefficient (Wildman–Crippen LogP) is 2.08. The summed E-state index contributed by atoms with van der Waals surface area (Å²) in [6, 6.07) is 5.87. The number of methoxy groups -OCH3 is 1. The number of aromatic nitrogens is 1.